The SMILES string of the molecule is CCOC(=O)c1cc(NS(=O)(=O)c2ccc(S(=O)(=O)NC3CC3)cc2)c[nH]1. The minimum absolute atomic E-state index is 0.000378. The van der Waals surface area contributed by atoms with Gasteiger partial charge < -0.3 is 9.72 Å². The summed E-state index contributed by atoms with van der Waals surface area (Å²) in [5, 5.41) is 0. The molecule has 1 aromatic carbocycles. The fraction of sp³-hybridized carbons (Fsp3) is 0.312. The third-order valence-corrected chi connectivity index (χ3v) is 6.71. The van der Waals surface area contributed by atoms with Crippen molar-refractivity contribution < 1.29 is 26.4 Å². The van der Waals surface area contributed by atoms with E-state index in [2.05, 4.69) is 14.4 Å². The molecular formula is C16H19N3O6S2. The molecule has 3 N–H and O–H groups in total. The summed E-state index contributed by atoms with van der Waals surface area (Å²) in [6.07, 6.45) is 2.93. The van der Waals surface area contributed by atoms with Crippen LogP contribution >= 0.6 is 0 Å². The smallest absolute Gasteiger partial charge is 0.354 e. The second-order valence-electron chi connectivity index (χ2n) is 5.99. The molecule has 0 unspecified atom stereocenters. The number of benzene rings is 1. The van der Waals surface area contributed by atoms with Gasteiger partial charge in [-0.05, 0) is 50.1 Å². The lowest BCUT2D eigenvalue weighted by Gasteiger charge is -2.08. The van der Waals surface area contributed by atoms with Gasteiger partial charge in [0.15, 0.2) is 0 Å². The average molecular weight is 413 g/mol. The number of esters is 1. The molecule has 1 heterocycles. The van der Waals surface area contributed by atoms with Gasteiger partial charge >= 0.3 is 5.97 Å². The molecule has 0 amide bonds. The first-order valence-electron chi connectivity index (χ1n) is 8.22. The van der Waals surface area contributed by atoms with E-state index in [-0.39, 0.29) is 33.8 Å². The number of nitrogens with one attached hydrogen (secondary N) is 3. The van der Waals surface area contributed by atoms with Gasteiger partial charge in [0, 0.05) is 12.2 Å². The zero-order valence-corrected chi connectivity index (χ0v) is 16.1. The maximum Gasteiger partial charge on any atom is 0.354 e. The molecule has 2 aromatic rings. The molecule has 0 aliphatic heterocycles. The molecule has 1 aliphatic rings. The van der Waals surface area contributed by atoms with E-state index in [1.807, 2.05) is 0 Å². The van der Waals surface area contributed by atoms with Crippen LogP contribution in [-0.4, -0.2) is 40.4 Å². The van der Waals surface area contributed by atoms with Crippen LogP contribution in [0.25, 0.3) is 0 Å². The number of carbonyl (C=O) groups is 1. The van der Waals surface area contributed by atoms with E-state index >= 15 is 0 Å². The summed E-state index contributed by atoms with van der Waals surface area (Å²) in [5.74, 6) is -0.597. The average Bonchev–Trinajstić information content (AvgIpc) is 3.29. The Labute approximate surface area is 157 Å². The number of anilines is 1. The molecule has 11 heteroatoms. The minimum atomic E-state index is -3.95. The van der Waals surface area contributed by atoms with Gasteiger partial charge in [0.2, 0.25) is 10.0 Å². The Bertz CT molecular complexity index is 1040. The molecule has 0 bridgehead atoms. The topological polar surface area (TPSA) is 134 Å². The minimum Gasteiger partial charge on any atom is -0.461 e. The number of aromatic amines is 1. The Morgan fingerprint density at radius 2 is 1.70 bits per heavy atom. The van der Waals surface area contributed by atoms with Gasteiger partial charge in [0.25, 0.3) is 10.0 Å². The van der Waals surface area contributed by atoms with Crippen molar-refractivity contribution in [3.05, 3.63) is 42.2 Å². The Morgan fingerprint density at radius 3 is 2.26 bits per heavy atom. The monoisotopic (exact) mass is 413 g/mol. The summed E-state index contributed by atoms with van der Waals surface area (Å²) in [7, 11) is -7.60. The van der Waals surface area contributed by atoms with Crippen LogP contribution < -0.4 is 9.44 Å². The lowest BCUT2D eigenvalue weighted by atomic mass is 10.4. The van der Waals surface area contributed by atoms with Gasteiger partial charge in [-0.25, -0.2) is 26.4 Å². The van der Waals surface area contributed by atoms with Crippen molar-refractivity contribution in [2.75, 3.05) is 11.3 Å². The molecule has 9 nitrogen and oxygen atoms in total. The highest BCUT2D eigenvalue weighted by atomic mass is 32.2. The molecule has 1 saturated carbocycles. The summed E-state index contributed by atoms with van der Waals surface area (Å²) in [4.78, 5) is 14.1. The molecule has 27 heavy (non-hydrogen) atoms. The number of ether oxygens (including phenoxy) is 1. The lowest BCUT2D eigenvalue weighted by molar-refractivity contribution is 0.0520. The Morgan fingerprint density at radius 1 is 1.11 bits per heavy atom. The predicted molar refractivity (Wildman–Crippen MR) is 97.3 cm³/mol. The molecule has 1 aliphatic carbocycles. The van der Waals surface area contributed by atoms with Crippen molar-refractivity contribution in [2.24, 2.45) is 0 Å². The van der Waals surface area contributed by atoms with Crippen molar-refractivity contribution in [1.29, 1.82) is 0 Å². The van der Waals surface area contributed by atoms with E-state index in [4.69, 9.17) is 4.74 Å². The van der Waals surface area contributed by atoms with Crippen LogP contribution in [-0.2, 0) is 24.8 Å². The van der Waals surface area contributed by atoms with E-state index < -0.39 is 26.0 Å². The lowest BCUT2D eigenvalue weighted by Crippen LogP contribution is -2.25. The number of hydrogen-bond donors (Lipinski definition) is 3. The van der Waals surface area contributed by atoms with E-state index in [0.717, 1.165) is 12.8 Å². The van der Waals surface area contributed by atoms with E-state index in [1.54, 1.807) is 6.92 Å². The number of hydrogen-bond acceptors (Lipinski definition) is 6. The standard InChI is InChI=1S/C16H19N3O6S2/c1-2-25-16(20)15-9-12(10-17-15)19-27(23,24)14-7-5-13(6-8-14)26(21,22)18-11-3-4-11/h5-11,17-19H,2-4H2,1H3. The fourth-order valence-corrected chi connectivity index (χ4v) is 4.63. The van der Waals surface area contributed by atoms with Gasteiger partial charge in [-0.3, -0.25) is 4.72 Å². The number of aromatic nitrogens is 1. The fourth-order valence-electron chi connectivity index (χ4n) is 2.28. The van der Waals surface area contributed by atoms with Crippen LogP contribution in [0, 0.1) is 0 Å². The molecule has 146 valence electrons. The molecule has 0 atom stereocenters. The van der Waals surface area contributed by atoms with Gasteiger partial charge in [0.1, 0.15) is 5.69 Å². The van der Waals surface area contributed by atoms with E-state index in [0.29, 0.717) is 0 Å². The van der Waals surface area contributed by atoms with Crippen LogP contribution in [0.3, 0.4) is 0 Å². The van der Waals surface area contributed by atoms with Crippen molar-refractivity contribution in [1.82, 2.24) is 9.71 Å². The zero-order valence-electron chi connectivity index (χ0n) is 14.4. The molecule has 1 fully saturated rings. The largest absolute Gasteiger partial charge is 0.461 e. The van der Waals surface area contributed by atoms with Crippen LogP contribution in [0.15, 0.2) is 46.3 Å². The van der Waals surface area contributed by atoms with Crippen molar-refractivity contribution in [3.63, 3.8) is 0 Å². The third-order valence-electron chi connectivity index (χ3n) is 3.77. The van der Waals surface area contributed by atoms with Gasteiger partial charge in [-0.1, -0.05) is 0 Å². The number of sulfonamides is 2. The van der Waals surface area contributed by atoms with Crippen LogP contribution in [0.5, 0.6) is 0 Å². The summed E-state index contributed by atoms with van der Waals surface area (Å²) in [6, 6.07) is 6.17. The number of H-pyrrole nitrogens is 1. The number of rotatable bonds is 8. The molecule has 0 spiro atoms. The normalized spacial score (nSPS) is 14.7. The van der Waals surface area contributed by atoms with Gasteiger partial charge in [-0.15, -0.1) is 0 Å². The van der Waals surface area contributed by atoms with E-state index in [1.165, 1.54) is 36.5 Å². The van der Waals surface area contributed by atoms with Crippen LogP contribution in [0.2, 0.25) is 0 Å². The summed E-state index contributed by atoms with van der Waals surface area (Å²) in [6.45, 7) is 1.86. The highest BCUT2D eigenvalue weighted by Gasteiger charge is 2.28. The maximum absolute atomic E-state index is 12.4. The summed E-state index contributed by atoms with van der Waals surface area (Å²) in [5.41, 5.74) is 0.271. The third kappa shape index (κ3) is 4.67. The Hall–Kier alpha value is -2.37. The maximum atomic E-state index is 12.4. The first-order chi connectivity index (χ1) is 12.7. The van der Waals surface area contributed by atoms with Crippen molar-refractivity contribution >= 4 is 31.7 Å². The highest BCUT2D eigenvalue weighted by Crippen LogP contribution is 2.23. The van der Waals surface area contributed by atoms with E-state index in [9.17, 15) is 21.6 Å². The molecule has 3 rings (SSSR count). The molecule has 0 radical (unpaired) electrons. The van der Waals surface area contributed by atoms with Crippen LogP contribution in [0.1, 0.15) is 30.3 Å². The predicted octanol–water partition coefficient (Wildman–Crippen LogP) is 1.43. The second kappa shape index (κ2) is 7.33. The quantitative estimate of drug-likeness (QED) is 0.561. The number of carbonyl (C=O) groups excluding carboxylic acids is 1. The van der Waals surface area contributed by atoms with Gasteiger partial charge in [-0.2, -0.15) is 0 Å². The van der Waals surface area contributed by atoms with Crippen molar-refractivity contribution in [3.8, 4) is 0 Å². The Kier molecular flexibility index (Phi) is 5.27. The molecular weight excluding hydrogens is 394 g/mol. The van der Waals surface area contributed by atoms with Gasteiger partial charge in [0.05, 0.1) is 22.1 Å². The summed E-state index contributed by atoms with van der Waals surface area (Å²) < 4.78 is 58.8. The molecule has 0 saturated heterocycles. The highest BCUT2D eigenvalue weighted by molar-refractivity contribution is 7.92. The zero-order chi connectivity index (χ0) is 19.7. The Balaban J connectivity index is 1.74. The second-order valence-corrected chi connectivity index (χ2v) is 9.39. The first-order valence-corrected chi connectivity index (χ1v) is 11.2. The van der Waals surface area contributed by atoms with Crippen LogP contribution in [0.4, 0.5) is 5.69 Å². The summed E-state index contributed by atoms with van der Waals surface area (Å²) >= 11 is 0. The first kappa shape index (κ1) is 19.4. The molecule has 1 aromatic heterocycles. The van der Waals surface area contributed by atoms with Crippen molar-refractivity contribution in [2.45, 2.75) is 35.6 Å².